The highest BCUT2D eigenvalue weighted by molar-refractivity contribution is 5.95. The molecule has 22 heavy (non-hydrogen) atoms. The van der Waals surface area contributed by atoms with Crippen LogP contribution in [0, 0.1) is 5.82 Å². The minimum absolute atomic E-state index is 0.0226. The molecule has 0 aliphatic carbocycles. The molecule has 2 heterocycles. The van der Waals surface area contributed by atoms with Crippen molar-refractivity contribution in [3.8, 4) is 5.75 Å². The molecule has 0 N–H and O–H groups in total. The number of benzene rings is 1. The van der Waals surface area contributed by atoms with E-state index in [2.05, 4.69) is 4.90 Å². The first-order valence-electron chi connectivity index (χ1n) is 7.55. The number of nitrogens with zero attached hydrogens (tertiary/aromatic N) is 2. The average molecular weight is 308 g/mol. The molecule has 2 saturated heterocycles. The number of likely N-dealkylation sites (N-methyl/N-ethyl adjacent to an activating group) is 1. The Morgan fingerprint density at radius 1 is 1.41 bits per heavy atom. The van der Waals surface area contributed by atoms with Gasteiger partial charge in [-0.15, -0.1) is 0 Å². The second kappa shape index (κ2) is 6.22. The Morgan fingerprint density at radius 2 is 2.23 bits per heavy atom. The van der Waals surface area contributed by atoms with Crippen LogP contribution < -0.4 is 4.74 Å². The van der Waals surface area contributed by atoms with Gasteiger partial charge in [0.05, 0.1) is 31.4 Å². The summed E-state index contributed by atoms with van der Waals surface area (Å²) in [5.41, 5.74) is 0.0632. The van der Waals surface area contributed by atoms with Gasteiger partial charge < -0.3 is 19.3 Å². The monoisotopic (exact) mass is 308 g/mol. The van der Waals surface area contributed by atoms with E-state index in [0.717, 1.165) is 19.5 Å². The van der Waals surface area contributed by atoms with Gasteiger partial charge in [-0.25, -0.2) is 4.39 Å². The minimum atomic E-state index is -0.595. The molecule has 1 aromatic rings. The van der Waals surface area contributed by atoms with Crippen molar-refractivity contribution in [3.05, 3.63) is 29.6 Å². The second-order valence-electron chi connectivity index (χ2n) is 5.85. The van der Waals surface area contributed by atoms with Crippen LogP contribution in [0.1, 0.15) is 16.8 Å². The summed E-state index contributed by atoms with van der Waals surface area (Å²) in [7, 11) is 3.42. The number of ether oxygens (including phenoxy) is 2. The fourth-order valence-electron chi connectivity index (χ4n) is 3.27. The number of piperidine rings is 1. The maximum Gasteiger partial charge on any atom is 0.257 e. The van der Waals surface area contributed by atoms with Crippen molar-refractivity contribution < 1.29 is 18.7 Å². The number of likely N-dealkylation sites (tertiary alicyclic amines) is 1. The Hall–Kier alpha value is -1.66. The maximum atomic E-state index is 14.4. The van der Waals surface area contributed by atoms with E-state index >= 15 is 0 Å². The molecule has 0 spiro atoms. The molecule has 0 bridgehead atoms. The molecular formula is C16H21FN2O3. The van der Waals surface area contributed by atoms with Gasteiger partial charge in [-0.1, -0.05) is 6.07 Å². The standard InChI is InChI=1S/C16H21FN2O3/c1-18-7-6-13-12(10-18)19(8-9-22-13)16(20)11-4-3-5-14(21-2)15(11)17/h3-5,12-13H,6-10H2,1-2H3/t12-,13-/m1/s1. The van der Waals surface area contributed by atoms with Crippen LogP contribution in [0.5, 0.6) is 5.75 Å². The number of halogens is 1. The van der Waals surface area contributed by atoms with Crippen LogP contribution in [0.4, 0.5) is 4.39 Å². The summed E-state index contributed by atoms with van der Waals surface area (Å²) in [6.45, 7) is 2.70. The number of carbonyl (C=O) groups excluding carboxylic acids is 1. The van der Waals surface area contributed by atoms with E-state index < -0.39 is 5.82 Å². The molecule has 2 atom stereocenters. The van der Waals surface area contributed by atoms with Crippen LogP contribution in [-0.2, 0) is 4.74 Å². The van der Waals surface area contributed by atoms with Crippen LogP contribution >= 0.6 is 0 Å². The summed E-state index contributed by atoms with van der Waals surface area (Å²) < 4.78 is 25.1. The minimum Gasteiger partial charge on any atom is -0.494 e. The summed E-state index contributed by atoms with van der Waals surface area (Å²) in [6, 6.07) is 4.64. The molecule has 0 radical (unpaired) electrons. The van der Waals surface area contributed by atoms with Crippen LogP contribution in [0.2, 0.25) is 0 Å². The molecule has 6 heteroatoms. The molecule has 1 aromatic carbocycles. The van der Waals surface area contributed by atoms with Crippen molar-refractivity contribution in [2.45, 2.75) is 18.6 Å². The Balaban J connectivity index is 1.87. The van der Waals surface area contributed by atoms with Crippen molar-refractivity contribution in [3.63, 3.8) is 0 Å². The Morgan fingerprint density at radius 3 is 3.00 bits per heavy atom. The van der Waals surface area contributed by atoms with Crippen molar-refractivity contribution >= 4 is 5.91 Å². The van der Waals surface area contributed by atoms with Crippen molar-refractivity contribution in [1.82, 2.24) is 9.80 Å². The third kappa shape index (κ3) is 2.68. The SMILES string of the molecule is COc1cccc(C(=O)N2CCO[C@@H]3CCN(C)C[C@H]32)c1F. The zero-order chi connectivity index (χ0) is 15.7. The van der Waals surface area contributed by atoms with Gasteiger partial charge in [-0.05, 0) is 25.6 Å². The summed E-state index contributed by atoms with van der Waals surface area (Å²) in [5, 5.41) is 0. The first kappa shape index (κ1) is 15.2. The maximum absolute atomic E-state index is 14.4. The van der Waals surface area contributed by atoms with Gasteiger partial charge in [-0.2, -0.15) is 0 Å². The van der Waals surface area contributed by atoms with Crippen LogP contribution in [0.25, 0.3) is 0 Å². The lowest BCUT2D eigenvalue weighted by atomic mass is 9.98. The second-order valence-corrected chi connectivity index (χ2v) is 5.85. The predicted octanol–water partition coefficient (Wildman–Crippen LogP) is 1.38. The van der Waals surface area contributed by atoms with Gasteiger partial charge in [0.2, 0.25) is 0 Å². The number of rotatable bonds is 2. The first-order valence-corrected chi connectivity index (χ1v) is 7.55. The number of morpholine rings is 1. The fourth-order valence-corrected chi connectivity index (χ4v) is 3.27. The number of amides is 1. The molecule has 2 aliphatic rings. The van der Waals surface area contributed by atoms with E-state index in [4.69, 9.17) is 9.47 Å². The summed E-state index contributed by atoms with van der Waals surface area (Å²) in [5.74, 6) is -0.788. The van der Waals surface area contributed by atoms with Crippen molar-refractivity contribution in [2.24, 2.45) is 0 Å². The molecule has 0 saturated carbocycles. The number of methoxy groups -OCH3 is 1. The Labute approximate surface area is 129 Å². The molecule has 0 aromatic heterocycles. The van der Waals surface area contributed by atoms with Crippen LogP contribution in [0.15, 0.2) is 18.2 Å². The summed E-state index contributed by atoms with van der Waals surface area (Å²) in [6.07, 6.45) is 0.938. The van der Waals surface area contributed by atoms with E-state index in [-0.39, 0.29) is 29.4 Å². The highest BCUT2D eigenvalue weighted by atomic mass is 19.1. The zero-order valence-electron chi connectivity index (χ0n) is 12.9. The van der Waals surface area contributed by atoms with Gasteiger partial charge in [0.15, 0.2) is 11.6 Å². The molecule has 5 nitrogen and oxygen atoms in total. The highest BCUT2D eigenvalue weighted by Crippen LogP contribution is 2.26. The van der Waals surface area contributed by atoms with Gasteiger partial charge >= 0.3 is 0 Å². The van der Waals surface area contributed by atoms with Gasteiger partial charge in [0.1, 0.15) is 0 Å². The Bertz CT molecular complexity index is 566. The van der Waals surface area contributed by atoms with Gasteiger partial charge in [-0.3, -0.25) is 4.79 Å². The lowest BCUT2D eigenvalue weighted by Gasteiger charge is -2.46. The average Bonchev–Trinajstić information content (AvgIpc) is 2.54. The molecule has 1 amide bonds. The fraction of sp³-hybridized carbons (Fsp3) is 0.562. The molecule has 120 valence electrons. The molecule has 2 fully saturated rings. The van der Waals surface area contributed by atoms with Gasteiger partial charge in [0.25, 0.3) is 5.91 Å². The van der Waals surface area contributed by atoms with E-state index in [1.54, 1.807) is 11.0 Å². The zero-order valence-corrected chi connectivity index (χ0v) is 12.9. The molecule has 0 unspecified atom stereocenters. The predicted molar refractivity (Wildman–Crippen MR) is 79.6 cm³/mol. The lowest BCUT2D eigenvalue weighted by Crippen LogP contribution is -2.60. The van der Waals surface area contributed by atoms with Crippen LogP contribution in [0.3, 0.4) is 0 Å². The number of hydrogen-bond donors (Lipinski definition) is 0. The number of hydrogen-bond acceptors (Lipinski definition) is 4. The van der Waals surface area contributed by atoms with Crippen molar-refractivity contribution in [1.29, 1.82) is 0 Å². The first-order chi connectivity index (χ1) is 10.6. The largest absolute Gasteiger partial charge is 0.494 e. The van der Waals surface area contributed by atoms with E-state index in [1.807, 2.05) is 7.05 Å². The highest BCUT2D eigenvalue weighted by Gasteiger charge is 2.39. The smallest absolute Gasteiger partial charge is 0.257 e. The van der Waals surface area contributed by atoms with E-state index in [1.165, 1.54) is 19.2 Å². The molecular weight excluding hydrogens is 287 g/mol. The number of fused-ring (bicyclic) bond motifs is 1. The topological polar surface area (TPSA) is 42.0 Å². The number of carbonyl (C=O) groups is 1. The van der Waals surface area contributed by atoms with E-state index in [0.29, 0.717) is 13.2 Å². The van der Waals surface area contributed by atoms with Gasteiger partial charge in [0, 0.05) is 19.6 Å². The Kier molecular flexibility index (Phi) is 4.31. The normalized spacial score (nSPS) is 25.7. The third-order valence-electron chi connectivity index (χ3n) is 4.46. The molecule has 3 rings (SSSR count). The molecule has 2 aliphatic heterocycles. The quantitative estimate of drug-likeness (QED) is 0.828. The van der Waals surface area contributed by atoms with Crippen LogP contribution in [-0.4, -0.2) is 68.3 Å². The van der Waals surface area contributed by atoms with E-state index in [9.17, 15) is 9.18 Å². The summed E-state index contributed by atoms with van der Waals surface area (Å²) in [4.78, 5) is 16.7. The lowest BCUT2D eigenvalue weighted by molar-refractivity contribution is -0.0870. The third-order valence-corrected chi connectivity index (χ3v) is 4.46. The van der Waals surface area contributed by atoms with Crippen molar-refractivity contribution in [2.75, 3.05) is 40.4 Å². The summed E-state index contributed by atoms with van der Waals surface area (Å²) >= 11 is 0.